The van der Waals surface area contributed by atoms with Gasteiger partial charge in [-0.25, -0.2) is 0 Å². The van der Waals surface area contributed by atoms with Gasteiger partial charge < -0.3 is 30.6 Å². The molecule has 2 radical (unpaired) electrons. The Bertz CT molecular complexity index is 73.7. The molecule has 10 heavy (non-hydrogen) atoms. The van der Waals surface area contributed by atoms with Crippen molar-refractivity contribution in [3.63, 3.8) is 0 Å². The van der Waals surface area contributed by atoms with Crippen LogP contribution in [0.4, 0.5) is 0 Å². The first-order valence-corrected chi connectivity index (χ1v) is 1.10. The standard InChI is InChI=1S/Bi.2NO3.Zn/c;2*2-1(3)4;/q+3;2*-1;+2. The molecule has 0 spiro atoms. The third-order valence-corrected chi connectivity index (χ3v) is 0. The SMILES string of the molecule is O=[N+]([O-])[O-].O=[N+]([O-])[O-].[Bi+3].[Zn+2]. The molecule has 0 unspecified atom stereocenters. The van der Waals surface area contributed by atoms with Gasteiger partial charge in [-0.3, -0.25) is 0 Å². The van der Waals surface area contributed by atoms with E-state index in [2.05, 4.69) is 0 Å². The van der Waals surface area contributed by atoms with Crippen LogP contribution in [0.2, 0.25) is 0 Å². The summed E-state index contributed by atoms with van der Waals surface area (Å²) in [5.74, 6) is 0. The summed E-state index contributed by atoms with van der Waals surface area (Å²) in [5.41, 5.74) is 0. The van der Waals surface area contributed by atoms with Crippen molar-refractivity contribution in [3.05, 3.63) is 30.6 Å². The fraction of sp³-hybridized carbons (Fsp3) is 0. The van der Waals surface area contributed by atoms with Crippen LogP contribution in [0.15, 0.2) is 0 Å². The summed E-state index contributed by atoms with van der Waals surface area (Å²) in [5, 5.41) is 29.5. The van der Waals surface area contributed by atoms with E-state index in [1.807, 2.05) is 0 Å². The molecule has 0 amide bonds. The molecule has 50 valence electrons. The Balaban J connectivity index is -0.0000000300. The van der Waals surface area contributed by atoms with Gasteiger partial charge in [0.1, 0.15) is 0 Å². The van der Waals surface area contributed by atoms with Gasteiger partial charge >= 0.3 is 45.7 Å². The first-order valence-electron chi connectivity index (χ1n) is 1.10. The predicted octanol–water partition coefficient (Wildman–Crippen LogP) is -0.862. The van der Waals surface area contributed by atoms with Crippen LogP contribution >= 0.6 is 0 Å². The molecule has 0 fully saturated rings. The van der Waals surface area contributed by atoms with Gasteiger partial charge in [0.05, 0.1) is 10.2 Å². The fourth-order valence-corrected chi connectivity index (χ4v) is 0. The molecule has 0 aromatic heterocycles. The first kappa shape index (κ1) is 22.5. The van der Waals surface area contributed by atoms with Crippen LogP contribution < -0.4 is 0 Å². The molecule has 0 N–H and O–H groups in total. The molecule has 0 saturated heterocycles. The second kappa shape index (κ2) is 16.0. The quantitative estimate of drug-likeness (QED) is 0.296. The van der Waals surface area contributed by atoms with Crippen LogP contribution in [-0.2, 0) is 19.5 Å². The van der Waals surface area contributed by atoms with Crippen molar-refractivity contribution in [1.82, 2.24) is 0 Å². The zero-order valence-corrected chi connectivity index (χ0v) is 10.9. The maximum absolute atomic E-state index is 8.25. The van der Waals surface area contributed by atoms with Crippen molar-refractivity contribution in [1.29, 1.82) is 0 Å². The van der Waals surface area contributed by atoms with Gasteiger partial charge in [0.25, 0.3) is 0 Å². The van der Waals surface area contributed by atoms with Crippen molar-refractivity contribution in [2.75, 3.05) is 0 Å². The van der Waals surface area contributed by atoms with Gasteiger partial charge in [0.15, 0.2) is 0 Å². The molecule has 0 aromatic rings. The molecule has 0 saturated carbocycles. The molecular formula is BiN2O6Zn+3. The van der Waals surface area contributed by atoms with Crippen molar-refractivity contribution < 1.29 is 29.7 Å². The number of hydrogen-bond donors (Lipinski definition) is 0. The summed E-state index contributed by atoms with van der Waals surface area (Å²) in [6.45, 7) is 0. The third-order valence-electron chi connectivity index (χ3n) is 0. The smallest absolute Gasteiger partial charge is 0.356 e. The van der Waals surface area contributed by atoms with Crippen LogP contribution in [-0.4, -0.2) is 36.4 Å². The predicted molar refractivity (Wildman–Crippen MR) is 26.5 cm³/mol. The second-order valence-electron chi connectivity index (χ2n) is 0.447. The maximum Gasteiger partial charge on any atom is 3.00 e. The molecule has 0 heterocycles. The summed E-state index contributed by atoms with van der Waals surface area (Å²) < 4.78 is 0. The summed E-state index contributed by atoms with van der Waals surface area (Å²) in [6, 6.07) is 0. The maximum atomic E-state index is 8.25. The van der Waals surface area contributed by atoms with Gasteiger partial charge in [-0.05, 0) is 0 Å². The Kier molecular flexibility index (Phi) is 35.9. The minimum absolute atomic E-state index is 0. The molecule has 0 aliphatic heterocycles. The molecule has 8 nitrogen and oxygen atoms in total. The largest absolute Gasteiger partial charge is 3.00 e. The van der Waals surface area contributed by atoms with Crippen molar-refractivity contribution >= 4 is 26.2 Å². The number of hydrogen-bond acceptors (Lipinski definition) is 6. The summed E-state index contributed by atoms with van der Waals surface area (Å²) >= 11 is 0. The second-order valence-corrected chi connectivity index (χ2v) is 0.447. The summed E-state index contributed by atoms with van der Waals surface area (Å²) in [4.78, 5) is 16.5. The van der Waals surface area contributed by atoms with Gasteiger partial charge in [-0.1, -0.05) is 0 Å². The van der Waals surface area contributed by atoms with Crippen molar-refractivity contribution in [2.45, 2.75) is 0 Å². The number of rotatable bonds is 0. The van der Waals surface area contributed by atoms with Crippen LogP contribution in [0.25, 0.3) is 0 Å². The Morgan fingerprint density at radius 1 is 0.800 bits per heavy atom. The van der Waals surface area contributed by atoms with E-state index < -0.39 is 10.2 Å². The number of nitrogens with zero attached hydrogens (tertiary/aromatic N) is 2. The van der Waals surface area contributed by atoms with E-state index in [4.69, 9.17) is 30.6 Å². The van der Waals surface area contributed by atoms with Crippen LogP contribution in [0.1, 0.15) is 0 Å². The van der Waals surface area contributed by atoms with Crippen LogP contribution in [0, 0.1) is 30.6 Å². The zero-order valence-electron chi connectivity index (χ0n) is 4.50. The third kappa shape index (κ3) is 43100. The van der Waals surface area contributed by atoms with E-state index in [0.29, 0.717) is 0 Å². The summed E-state index contributed by atoms with van der Waals surface area (Å²) in [6.07, 6.45) is 0. The molecule has 0 atom stereocenters. The van der Waals surface area contributed by atoms with E-state index in [1.165, 1.54) is 0 Å². The Hall–Kier alpha value is -0.0935. The van der Waals surface area contributed by atoms with Gasteiger partial charge in [-0.15, -0.1) is 0 Å². The minimum atomic E-state index is -1.75. The Labute approximate surface area is 86.3 Å². The van der Waals surface area contributed by atoms with Crippen molar-refractivity contribution in [2.24, 2.45) is 0 Å². The average molecular weight is 398 g/mol. The van der Waals surface area contributed by atoms with E-state index >= 15 is 0 Å². The molecular weight excluding hydrogens is 398 g/mol. The van der Waals surface area contributed by atoms with Gasteiger partial charge in [0.2, 0.25) is 0 Å². The molecule has 0 bridgehead atoms. The van der Waals surface area contributed by atoms with Crippen molar-refractivity contribution in [3.8, 4) is 0 Å². The van der Waals surface area contributed by atoms with Crippen LogP contribution in [0.5, 0.6) is 0 Å². The van der Waals surface area contributed by atoms with E-state index in [-0.39, 0.29) is 45.7 Å². The van der Waals surface area contributed by atoms with Crippen LogP contribution in [0.3, 0.4) is 0 Å². The average Bonchev–Trinajstić information content (AvgIpc) is 1.25. The molecule has 10 heteroatoms. The van der Waals surface area contributed by atoms with Gasteiger partial charge in [-0.2, -0.15) is 0 Å². The first-order chi connectivity index (χ1) is 3.46. The Morgan fingerprint density at radius 2 is 0.800 bits per heavy atom. The monoisotopic (exact) mass is 397 g/mol. The molecule has 0 rings (SSSR count). The Morgan fingerprint density at radius 3 is 0.800 bits per heavy atom. The topological polar surface area (TPSA) is 132 Å². The molecule has 0 aromatic carbocycles. The summed E-state index contributed by atoms with van der Waals surface area (Å²) in [7, 11) is 0. The van der Waals surface area contributed by atoms with Gasteiger partial charge in [0, 0.05) is 0 Å². The van der Waals surface area contributed by atoms with E-state index in [9.17, 15) is 0 Å². The minimum Gasteiger partial charge on any atom is -0.356 e. The fourth-order valence-electron chi connectivity index (χ4n) is 0. The zero-order chi connectivity index (χ0) is 7.15. The molecule has 0 aliphatic carbocycles. The molecule has 0 aliphatic rings. The van der Waals surface area contributed by atoms with E-state index in [1.54, 1.807) is 0 Å². The normalized spacial score (nSPS) is 4.80. The van der Waals surface area contributed by atoms with E-state index in [0.717, 1.165) is 0 Å².